The highest BCUT2D eigenvalue weighted by Crippen LogP contribution is 2.66. The molecule has 5 heteroatoms. The Morgan fingerprint density at radius 3 is 2.37 bits per heavy atom. The summed E-state index contributed by atoms with van der Waals surface area (Å²) in [5, 5.41) is 13.6. The molecule has 4 nitrogen and oxygen atoms in total. The number of aliphatic hydroxyl groups is 1. The van der Waals surface area contributed by atoms with Gasteiger partial charge in [0.1, 0.15) is 8.07 Å². The molecule has 1 saturated heterocycles. The van der Waals surface area contributed by atoms with E-state index in [1.165, 1.54) is 18.4 Å². The van der Waals surface area contributed by atoms with Crippen molar-refractivity contribution >= 4 is 13.5 Å². The van der Waals surface area contributed by atoms with E-state index in [1.54, 1.807) is 0 Å². The second-order valence-corrected chi connectivity index (χ2v) is 17.2. The number of furan rings is 1. The first-order valence-electron chi connectivity index (χ1n) is 11.9. The van der Waals surface area contributed by atoms with Crippen LogP contribution in [-0.2, 0) is 15.9 Å². The van der Waals surface area contributed by atoms with Gasteiger partial charge in [-0.3, -0.25) is 0 Å². The summed E-state index contributed by atoms with van der Waals surface area (Å²) in [5.74, 6) is -0.334. The van der Waals surface area contributed by atoms with Gasteiger partial charge in [0, 0.05) is 17.8 Å². The molecule has 30 heavy (non-hydrogen) atoms. The minimum absolute atomic E-state index is 0.0639. The standard InChI is InChI=1S/C25H42O4Si/c1-18-24(26,12-9-19-15-21(27-17-19)30(5,6)7)23(4)11-8-10-22(2,3)20(23)16-25(18)28-13-14-29-25/h15,17-18,20,26H,8-14,16H2,1-7H3/t18-,20-,23-,24+/m0/s1. The first-order valence-corrected chi connectivity index (χ1v) is 15.4. The molecule has 1 aromatic rings. The molecule has 170 valence electrons. The molecule has 1 spiro atoms. The van der Waals surface area contributed by atoms with Crippen molar-refractivity contribution in [3.63, 3.8) is 0 Å². The lowest BCUT2D eigenvalue weighted by atomic mass is 9.43. The van der Waals surface area contributed by atoms with E-state index in [9.17, 15) is 5.11 Å². The van der Waals surface area contributed by atoms with Crippen molar-refractivity contribution in [3.05, 3.63) is 17.9 Å². The van der Waals surface area contributed by atoms with Gasteiger partial charge in [-0.2, -0.15) is 0 Å². The van der Waals surface area contributed by atoms with Crippen LogP contribution in [0.1, 0.15) is 65.4 Å². The Kier molecular flexibility index (Phi) is 5.41. The lowest BCUT2D eigenvalue weighted by molar-refractivity contribution is -0.327. The summed E-state index contributed by atoms with van der Waals surface area (Å²) < 4.78 is 18.5. The first kappa shape index (κ1) is 22.6. The number of rotatable bonds is 4. The number of hydrogen-bond donors (Lipinski definition) is 1. The Hall–Kier alpha value is -0.623. The van der Waals surface area contributed by atoms with Gasteiger partial charge >= 0.3 is 0 Å². The lowest BCUT2D eigenvalue weighted by Crippen LogP contribution is -2.69. The summed E-state index contributed by atoms with van der Waals surface area (Å²) in [6.07, 6.45) is 7.80. The zero-order valence-electron chi connectivity index (χ0n) is 20.1. The van der Waals surface area contributed by atoms with Crippen molar-refractivity contribution < 1.29 is 19.0 Å². The van der Waals surface area contributed by atoms with Gasteiger partial charge in [-0.25, -0.2) is 0 Å². The van der Waals surface area contributed by atoms with Crippen LogP contribution in [0.15, 0.2) is 16.7 Å². The minimum Gasteiger partial charge on any atom is -0.474 e. The van der Waals surface area contributed by atoms with Crippen LogP contribution < -0.4 is 5.38 Å². The zero-order valence-corrected chi connectivity index (χ0v) is 21.1. The van der Waals surface area contributed by atoms with Crippen molar-refractivity contribution in [1.82, 2.24) is 0 Å². The van der Waals surface area contributed by atoms with Crippen LogP contribution in [0.5, 0.6) is 0 Å². The van der Waals surface area contributed by atoms with Crippen LogP contribution in [0.3, 0.4) is 0 Å². The zero-order chi connectivity index (χ0) is 22.0. The van der Waals surface area contributed by atoms with Crippen LogP contribution >= 0.6 is 0 Å². The molecule has 1 aliphatic heterocycles. The van der Waals surface area contributed by atoms with Crippen molar-refractivity contribution in [3.8, 4) is 0 Å². The van der Waals surface area contributed by atoms with Crippen molar-refractivity contribution in [2.45, 2.75) is 97.2 Å². The molecule has 0 unspecified atom stereocenters. The van der Waals surface area contributed by atoms with E-state index in [-0.39, 0.29) is 16.7 Å². The third kappa shape index (κ3) is 3.35. The maximum Gasteiger partial charge on any atom is 0.174 e. The largest absolute Gasteiger partial charge is 0.474 e. The molecule has 3 aliphatic rings. The van der Waals surface area contributed by atoms with Crippen LogP contribution in [-0.4, -0.2) is 37.8 Å². The third-order valence-electron chi connectivity index (χ3n) is 9.05. The molecule has 2 saturated carbocycles. The topological polar surface area (TPSA) is 51.8 Å². The molecule has 2 aliphatic carbocycles. The van der Waals surface area contributed by atoms with Crippen molar-refractivity contribution in [1.29, 1.82) is 0 Å². The predicted octanol–water partition coefficient (Wildman–Crippen LogP) is 5.10. The molecule has 4 atom stereocenters. The highest BCUT2D eigenvalue weighted by molar-refractivity contribution is 6.87. The van der Waals surface area contributed by atoms with Crippen LogP contribution in [0, 0.1) is 22.7 Å². The molecule has 3 fully saturated rings. The third-order valence-corrected chi connectivity index (χ3v) is 10.8. The maximum absolute atomic E-state index is 12.5. The Balaban J connectivity index is 1.67. The average molecular weight is 435 g/mol. The number of hydrogen-bond acceptors (Lipinski definition) is 4. The Labute approximate surface area is 183 Å². The van der Waals surface area contributed by atoms with Gasteiger partial charge in [-0.15, -0.1) is 0 Å². The minimum atomic E-state index is -1.47. The van der Waals surface area contributed by atoms with E-state index >= 15 is 0 Å². The molecular weight excluding hydrogens is 392 g/mol. The summed E-state index contributed by atoms with van der Waals surface area (Å²) >= 11 is 0. The molecule has 2 heterocycles. The monoisotopic (exact) mass is 434 g/mol. The number of fused-ring (bicyclic) bond motifs is 1. The van der Waals surface area contributed by atoms with E-state index in [0.717, 1.165) is 31.1 Å². The van der Waals surface area contributed by atoms with Gasteiger partial charge < -0.3 is 19.0 Å². The molecule has 1 aromatic heterocycles. The van der Waals surface area contributed by atoms with E-state index in [1.807, 2.05) is 6.26 Å². The summed E-state index contributed by atoms with van der Waals surface area (Å²) in [4.78, 5) is 0. The molecular formula is C25H42O4Si. The highest BCUT2D eigenvalue weighted by Gasteiger charge is 2.69. The van der Waals surface area contributed by atoms with Gasteiger partial charge in [0.05, 0.1) is 30.5 Å². The molecule has 0 aromatic carbocycles. The summed E-state index contributed by atoms with van der Waals surface area (Å²) in [6, 6.07) is 2.23. The molecule has 0 radical (unpaired) electrons. The van der Waals surface area contributed by atoms with Crippen molar-refractivity contribution in [2.75, 3.05) is 13.2 Å². The number of aryl methyl sites for hydroxylation is 1. The van der Waals surface area contributed by atoms with Gasteiger partial charge in [-0.1, -0.05) is 53.8 Å². The molecule has 1 N–H and O–H groups in total. The first-order chi connectivity index (χ1) is 13.8. The summed E-state index contributed by atoms with van der Waals surface area (Å²) in [5.41, 5.74) is 0.398. The Morgan fingerprint density at radius 1 is 1.10 bits per heavy atom. The molecule has 4 rings (SSSR count). The van der Waals surface area contributed by atoms with Crippen molar-refractivity contribution in [2.24, 2.45) is 22.7 Å². The maximum atomic E-state index is 12.5. The van der Waals surface area contributed by atoms with E-state index in [2.05, 4.69) is 53.4 Å². The molecule has 0 amide bonds. The number of ether oxygens (including phenoxy) is 2. The second kappa shape index (κ2) is 7.19. The van der Waals surface area contributed by atoms with E-state index < -0.39 is 19.5 Å². The van der Waals surface area contributed by atoms with Crippen LogP contribution in [0.25, 0.3) is 0 Å². The van der Waals surface area contributed by atoms with Crippen LogP contribution in [0.2, 0.25) is 19.6 Å². The smallest absolute Gasteiger partial charge is 0.174 e. The summed E-state index contributed by atoms with van der Waals surface area (Å²) in [6.45, 7) is 17.4. The fourth-order valence-electron chi connectivity index (χ4n) is 7.04. The fraction of sp³-hybridized carbons (Fsp3) is 0.840. The second-order valence-electron chi connectivity index (χ2n) is 12.2. The SMILES string of the molecule is C[C@@H]1C2(C[C@H]3C(C)(C)CCC[C@]3(C)[C@@]1(O)CCc1coc([Si](C)(C)C)c1)OCCO2. The highest BCUT2D eigenvalue weighted by atomic mass is 28.3. The van der Waals surface area contributed by atoms with E-state index in [4.69, 9.17) is 13.9 Å². The normalized spacial score (nSPS) is 38.0. The van der Waals surface area contributed by atoms with Gasteiger partial charge in [0.25, 0.3) is 0 Å². The van der Waals surface area contributed by atoms with Crippen LogP contribution in [0.4, 0.5) is 0 Å². The Morgan fingerprint density at radius 2 is 1.77 bits per heavy atom. The van der Waals surface area contributed by atoms with E-state index in [0.29, 0.717) is 19.1 Å². The van der Waals surface area contributed by atoms with Gasteiger partial charge in [0.2, 0.25) is 0 Å². The summed E-state index contributed by atoms with van der Waals surface area (Å²) in [7, 11) is -1.47. The average Bonchev–Trinajstić information content (AvgIpc) is 3.31. The Bertz CT molecular complexity index is 772. The van der Waals surface area contributed by atoms with Gasteiger partial charge in [0.15, 0.2) is 5.79 Å². The quantitative estimate of drug-likeness (QED) is 0.670. The fourth-order valence-corrected chi connectivity index (χ4v) is 8.07. The molecule has 0 bridgehead atoms. The van der Waals surface area contributed by atoms with Gasteiger partial charge in [-0.05, 0) is 48.6 Å². The lowest BCUT2D eigenvalue weighted by Gasteiger charge is -2.66. The predicted molar refractivity (Wildman–Crippen MR) is 123 cm³/mol.